The molecule has 0 unspecified atom stereocenters. The van der Waals surface area contributed by atoms with E-state index >= 15 is 0 Å². The number of methoxy groups -OCH3 is 1. The lowest BCUT2D eigenvalue weighted by Crippen LogP contribution is -2.34. The minimum absolute atomic E-state index is 0.242. The van der Waals surface area contributed by atoms with Gasteiger partial charge in [0.25, 0.3) is 0 Å². The third-order valence-electron chi connectivity index (χ3n) is 4.44. The Morgan fingerprint density at radius 3 is 2.14 bits per heavy atom. The SMILES string of the molecule is CCOC(=O)Cc1ccc(CCN(Cc2ccccc2)C(=O)CC(=O)OC)cc1. The summed E-state index contributed by atoms with van der Waals surface area (Å²) in [5, 5.41) is 0. The number of benzene rings is 2. The fourth-order valence-electron chi connectivity index (χ4n) is 2.87. The van der Waals surface area contributed by atoms with Gasteiger partial charge in [0.05, 0.1) is 20.1 Å². The van der Waals surface area contributed by atoms with E-state index in [0.29, 0.717) is 26.1 Å². The van der Waals surface area contributed by atoms with Gasteiger partial charge >= 0.3 is 11.9 Å². The van der Waals surface area contributed by atoms with Crippen LogP contribution in [0.4, 0.5) is 0 Å². The first-order chi connectivity index (χ1) is 14.0. The van der Waals surface area contributed by atoms with Crippen molar-refractivity contribution in [2.24, 2.45) is 0 Å². The van der Waals surface area contributed by atoms with Crippen LogP contribution in [0.25, 0.3) is 0 Å². The van der Waals surface area contributed by atoms with Gasteiger partial charge in [0, 0.05) is 13.1 Å². The molecule has 0 aromatic heterocycles. The molecule has 0 aliphatic heterocycles. The smallest absolute Gasteiger partial charge is 0.315 e. The summed E-state index contributed by atoms with van der Waals surface area (Å²) in [6, 6.07) is 17.3. The average Bonchev–Trinajstić information content (AvgIpc) is 2.72. The minimum Gasteiger partial charge on any atom is -0.469 e. The topological polar surface area (TPSA) is 72.9 Å². The highest BCUT2D eigenvalue weighted by Gasteiger charge is 2.18. The lowest BCUT2D eigenvalue weighted by Gasteiger charge is -2.22. The predicted octanol–water partition coefficient (Wildman–Crippen LogP) is 2.93. The molecule has 1 amide bonds. The number of hydrogen-bond acceptors (Lipinski definition) is 5. The second kappa shape index (κ2) is 11.6. The molecule has 154 valence electrons. The van der Waals surface area contributed by atoms with Crippen molar-refractivity contribution in [3.8, 4) is 0 Å². The van der Waals surface area contributed by atoms with Crippen LogP contribution >= 0.6 is 0 Å². The van der Waals surface area contributed by atoms with Gasteiger partial charge in [-0.15, -0.1) is 0 Å². The summed E-state index contributed by atoms with van der Waals surface area (Å²) in [6.07, 6.45) is 0.604. The van der Waals surface area contributed by atoms with E-state index in [1.165, 1.54) is 7.11 Å². The Hall–Kier alpha value is -3.15. The molecular formula is C23H27NO5. The third kappa shape index (κ3) is 7.78. The molecule has 2 aromatic rings. The van der Waals surface area contributed by atoms with Crippen molar-refractivity contribution in [2.45, 2.75) is 32.7 Å². The predicted molar refractivity (Wildman–Crippen MR) is 109 cm³/mol. The van der Waals surface area contributed by atoms with Crippen LogP contribution in [0.2, 0.25) is 0 Å². The summed E-state index contributed by atoms with van der Waals surface area (Å²) < 4.78 is 9.58. The summed E-state index contributed by atoms with van der Waals surface area (Å²) in [4.78, 5) is 37.3. The van der Waals surface area contributed by atoms with Crippen molar-refractivity contribution in [3.05, 3.63) is 71.3 Å². The van der Waals surface area contributed by atoms with Crippen molar-refractivity contribution in [3.63, 3.8) is 0 Å². The van der Waals surface area contributed by atoms with Gasteiger partial charge in [0.1, 0.15) is 6.42 Å². The number of hydrogen-bond donors (Lipinski definition) is 0. The fourth-order valence-corrected chi connectivity index (χ4v) is 2.87. The molecule has 29 heavy (non-hydrogen) atoms. The van der Waals surface area contributed by atoms with Gasteiger partial charge in [0.2, 0.25) is 5.91 Å². The Morgan fingerprint density at radius 2 is 1.52 bits per heavy atom. The van der Waals surface area contributed by atoms with Crippen molar-refractivity contribution in [1.82, 2.24) is 4.90 Å². The molecule has 0 aliphatic rings. The van der Waals surface area contributed by atoms with E-state index < -0.39 is 5.97 Å². The molecule has 0 radical (unpaired) electrons. The molecule has 0 saturated carbocycles. The third-order valence-corrected chi connectivity index (χ3v) is 4.44. The van der Waals surface area contributed by atoms with Gasteiger partial charge in [-0.2, -0.15) is 0 Å². The number of rotatable bonds is 10. The van der Waals surface area contributed by atoms with E-state index in [1.807, 2.05) is 54.6 Å². The van der Waals surface area contributed by atoms with Crippen molar-refractivity contribution >= 4 is 17.8 Å². The van der Waals surface area contributed by atoms with Gasteiger partial charge < -0.3 is 14.4 Å². The Bertz CT molecular complexity index is 802. The first-order valence-corrected chi connectivity index (χ1v) is 9.63. The van der Waals surface area contributed by atoms with Crippen LogP contribution in [-0.4, -0.2) is 43.0 Å². The van der Waals surface area contributed by atoms with Gasteiger partial charge in [-0.05, 0) is 30.0 Å². The molecule has 0 heterocycles. The van der Waals surface area contributed by atoms with E-state index in [1.54, 1.807) is 11.8 Å². The molecule has 6 nitrogen and oxygen atoms in total. The normalized spacial score (nSPS) is 10.3. The number of amides is 1. The van der Waals surface area contributed by atoms with Crippen LogP contribution in [0, 0.1) is 0 Å². The Kier molecular flexibility index (Phi) is 8.89. The lowest BCUT2D eigenvalue weighted by atomic mass is 10.1. The lowest BCUT2D eigenvalue weighted by molar-refractivity contribution is -0.147. The Morgan fingerprint density at radius 1 is 0.862 bits per heavy atom. The quantitative estimate of drug-likeness (QED) is 0.455. The van der Waals surface area contributed by atoms with E-state index in [2.05, 4.69) is 4.74 Å². The first-order valence-electron chi connectivity index (χ1n) is 9.63. The molecule has 6 heteroatoms. The van der Waals surface area contributed by atoms with E-state index in [-0.39, 0.29) is 24.7 Å². The molecule has 0 atom stereocenters. The Labute approximate surface area is 171 Å². The number of ether oxygens (including phenoxy) is 2. The van der Waals surface area contributed by atoms with Gasteiger partial charge in [0.15, 0.2) is 0 Å². The summed E-state index contributed by atoms with van der Waals surface area (Å²) in [7, 11) is 1.27. The highest BCUT2D eigenvalue weighted by atomic mass is 16.5. The van der Waals surface area contributed by atoms with Gasteiger partial charge in [-0.3, -0.25) is 14.4 Å². The van der Waals surface area contributed by atoms with Crippen LogP contribution < -0.4 is 0 Å². The second-order valence-electron chi connectivity index (χ2n) is 6.60. The van der Waals surface area contributed by atoms with Crippen LogP contribution in [0.1, 0.15) is 30.0 Å². The highest BCUT2D eigenvalue weighted by Crippen LogP contribution is 2.11. The van der Waals surface area contributed by atoms with Gasteiger partial charge in [-0.25, -0.2) is 0 Å². The van der Waals surface area contributed by atoms with E-state index in [0.717, 1.165) is 16.7 Å². The number of carbonyl (C=O) groups excluding carboxylic acids is 3. The van der Waals surface area contributed by atoms with Crippen molar-refractivity contribution in [1.29, 1.82) is 0 Å². The maximum Gasteiger partial charge on any atom is 0.315 e. The van der Waals surface area contributed by atoms with Crippen LogP contribution in [0.5, 0.6) is 0 Å². The van der Waals surface area contributed by atoms with Crippen molar-refractivity contribution < 1.29 is 23.9 Å². The molecule has 0 N–H and O–H groups in total. The molecule has 0 saturated heterocycles. The zero-order chi connectivity index (χ0) is 21.1. The van der Waals surface area contributed by atoms with Gasteiger partial charge in [-0.1, -0.05) is 54.6 Å². The molecule has 0 aliphatic carbocycles. The molecule has 0 spiro atoms. The zero-order valence-electron chi connectivity index (χ0n) is 16.9. The second-order valence-corrected chi connectivity index (χ2v) is 6.60. The zero-order valence-corrected chi connectivity index (χ0v) is 16.9. The maximum absolute atomic E-state index is 12.5. The van der Waals surface area contributed by atoms with Crippen LogP contribution in [0.15, 0.2) is 54.6 Å². The first kappa shape index (κ1) is 22.1. The summed E-state index contributed by atoms with van der Waals surface area (Å²) >= 11 is 0. The molecule has 2 aromatic carbocycles. The molecule has 0 bridgehead atoms. The number of nitrogens with zero attached hydrogens (tertiary/aromatic N) is 1. The van der Waals surface area contributed by atoms with Crippen molar-refractivity contribution in [2.75, 3.05) is 20.3 Å². The van der Waals surface area contributed by atoms with E-state index in [9.17, 15) is 14.4 Å². The summed E-state index contributed by atoms with van der Waals surface area (Å²) in [5.74, 6) is -1.06. The minimum atomic E-state index is -0.545. The monoisotopic (exact) mass is 397 g/mol. The standard InChI is InChI=1S/C23H27NO5/c1-3-29-23(27)15-19-11-9-18(10-12-19)13-14-24(21(25)16-22(26)28-2)17-20-7-5-4-6-8-20/h4-12H,3,13-17H2,1-2H3. The molecule has 0 fully saturated rings. The van der Waals surface area contributed by atoms with Crippen LogP contribution in [-0.2, 0) is 43.2 Å². The van der Waals surface area contributed by atoms with Crippen LogP contribution in [0.3, 0.4) is 0 Å². The molecule has 2 rings (SSSR count). The summed E-state index contributed by atoms with van der Waals surface area (Å²) in [5.41, 5.74) is 2.92. The maximum atomic E-state index is 12.5. The highest BCUT2D eigenvalue weighted by molar-refractivity contribution is 5.94. The largest absolute Gasteiger partial charge is 0.469 e. The summed E-state index contributed by atoms with van der Waals surface area (Å²) in [6.45, 7) is 3.05. The fraction of sp³-hybridized carbons (Fsp3) is 0.348. The Balaban J connectivity index is 1.99. The average molecular weight is 397 g/mol. The number of esters is 2. The molecular weight excluding hydrogens is 370 g/mol. The number of carbonyl (C=O) groups is 3. The van der Waals surface area contributed by atoms with E-state index in [4.69, 9.17) is 4.74 Å².